The number of piperidine rings is 1. The summed E-state index contributed by atoms with van der Waals surface area (Å²) in [6.45, 7) is 1.24. The van der Waals surface area contributed by atoms with Gasteiger partial charge in [-0.3, -0.25) is 4.79 Å². The third-order valence-corrected chi connectivity index (χ3v) is 4.47. The molecule has 2 aromatic rings. The van der Waals surface area contributed by atoms with Crippen molar-refractivity contribution in [1.29, 1.82) is 5.26 Å². The smallest absolute Gasteiger partial charge is 0.253 e. The monoisotopic (exact) mass is 290 g/mol. The summed E-state index contributed by atoms with van der Waals surface area (Å²) in [5.41, 5.74) is 1.31. The van der Waals surface area contributed by atoms with Crippen molar-refractivity contribution in [3.05, 3.63) is 71.8 Å². The van der Waals surface area contributed by atoms with Crippen LogP contribution in [0.1, 0.15) is 28.8 Å². The molecule has 1 aliphatic rings. The third-order valence-electron chi connectivity index (χ3n) is 4.47. The Morgan fingerprint density at radius 1 is 0.955 bits per heavy atom. The molecule has 0 atom stereocenters. The van der Waals surface area contributed by atoms with E-state index in [1.165, 1.54) is 0 Å². The van der Waals surface area contributed by atoms with Crippen LogP contribution in [-0.2, 0) is 5.41 Å². The lowest BCUT2D eigenvalue weighted by Crippen LogP contribution is -2.44. The maximum absolute atomic E-state index is 12.5. The highest BCUT2D eigenvalue weighted by molar-refractivity contribution is 5.94. The highest BCUT2D eigenvalue weighted by atomic mass is 16.2. The Hall–Kier alpha value is -2.60. The Kier molecular flexibility index (Phi) is 3.93. The van der Waals surface area contributed by atoms with Gasteiger partial charge >= 0.3 is 0 Å². The van der Waals surface area contributed by atoms with E-state index in [0.717, 1.165) is 5.56 Å². The predicted molar refractivity (Wildman–Crippen MR) is 85.3 cm³/mol. The number of benzene rings is 2. The number of nitriles is 1. The summed E-state index contributed by atoms with van der Waals surface area (Å²) in [5.74, 6) is 0.0557. The van der Waals surface area contributed by atoms with Gasteiger partial charge in [0.2, 0.25) is 0 Å². The molecule has 110 valence electrons. The van der Waals surface area contributed by atoms with Crippen molar-refractivity contribution in [1.82, 2.24) is 4.90 Å². The van der Waals surface area contributed by atoms with E-state index in [0.29, 0.717) is 31.5 Å². The van der Waals surface area contributed by atoms with E-state index >= 15 is 0 Å². The number of carbonyl (C=O) groups excluding carboxylic acids is 1. The fourth-order valence-electron chi connectivity index (χ4n) is 3.08. The minimum atomic E-state index is -0.464. The van der Waals surface area contributed by atoms with E-state index in [2.05, 4.69) is 6.07 Å². The Morgan fingerprint density at radius 3 is 2.05 bits per heavy atom. The van der Waals surface area contributed by atoms with Crippen LogP contribution in [0.5, 0.6) is 0 Å². The maximum atomic E-state index is 12.5. The molecule has 0 unspecified atom stereocenters. The van der Waals surface area contributed by atoms with Crippen LogP contribution in [0.3, 0.4) is 0 Å². The molecule has 3 heteroatoms. The Balaban J connectivity index is 1.75. The van der Waals surface area contributed by atoms with Gasteiger partial charge in [-0.25, -0.2) is 0 Å². The third kappa shape index (κ3) is 2.60. The first-order valence-electron chi connectivity index (χ1n) is 7.56. The first-order valence-corrected chi connectivity index (χ1v) is 7.56. The number of nitrogens with zero attached hydrogens (tertiary/aromatic N) is 2. The predicted octanol–water partition coefficient (Wildman–Crippen LogP) is 3.38. The number of amides is 1. The Morgan fingerprint density at radius 2 is 1.50 bits per heavy atom. The summed E-state index contributed by atoms with van der Waals surface area (Å²) in [7, 11) is 0. The van der Waals surface area contributed by atoms with Crippen molar-refractivity contribution < 1.29 is 4.79 Å². The lowest BCUT2D eigenvalue weighted by atomic mass is 9.74. The number of carbonyl (C=O) groups is 1. The van der Waals surface area contributed by atoms with Crippen LogP contribution >= 0.6 is 0 Å². The highest BCUT2D eigenvalue weighted by Gasteiger charge is 2.37. The van der Waals surface area contributed by atoms with Crippen LogP contribution in [0.15, 0.2) is 60.7 Å². The molecule has 3 nitrogen and oxygen atoms in total. The normalized spacial score (nSPS) is 16.8. The first kappa shape index (κ1) is 14.3. The van der Waals surface area contributed by atoms with Gasteiger partial charge in [-0.2, -0.15) is 5.26 Å². The van der Waals surface area contributed by atoms with Crippen molar-refractivity contribution in [3.8, 4) is 6.07 Å². The minimum absolute atomic E-state index is 0.0557. The second kappa shape index (κ2) is 6.03. The van der Waals surface area contributed by atoms with Crippen LogP contribution in [-0.4, -0.2) is 23.9 Å². The van der Waals surface area contributed by atoms with Crippen LogP contribution in [0.4, 0.5) is 0 Å². The highest BCUT2D eigenvalue weighted by Crippen LogP contribution is 2.35. The van der Waals surface area contributed by atoms with Crippen molar-refractivity contribution in [2.75, 3.05) is 13.1 Å². The molecule has 2 aromatic carbocycles. The molecule has 22 heavy (non-hydrogen) atoms. The summed E-state index contributed by atoms with van der Waals surface area (Å²) < 4.78 is 0. The maximum Gasteiger partial charge on any atom is 0.253 e. The van der Waals surface area contributed by atoms with Crippen LogP contribution < -0.4 is 0 Å². The van der Waals surface area contributed by atoms with Gasteiger partial charge in [-0.1, -0.05) is 48.5 Å². The molecule has 1 saturated heterocycles. The van der Waals surface area contributed by atoms with Gasteiger partial charge in [-0.05, 0) is 30.5 Å². The van der Waals surface area contributed by atoms with Crippen LogP contribution in [0.2, 0.25) is 0 Å². The number of rotatable bonds is 2. The van der Waals surface area contributed by atoms with Gasteiger partial charge in [0.05, 0.1) is 11.5 Å². The number of likely N-dealkylation sites (tertiary alicyclic amines) is 1. The van der Waals surface area contributed by atoms with Crippen molar-refractivity contribution in [2.45, 2.75) is 18.3 Å². The SMILES string of the molecule is N#CC1(c2ccccc2)CCN(C(=O)c2ccccc2)CC1. The quantitative estimate of drug-likeness (QED) is 0.851. The second-order valence-corrected chi connectivity index (χ2v) is 5.72. The molecule has 0 aliphatic carbocycles. The molecule has 1 aliphatic heterocycles. The zero-order chi connectivity index (χ0) is 15.4. The average Bonchev–Trinajstić information content (AvgIpc) is 2.63. The molecule has 0 aromatic heterocycles. The fraction of sp³-hybridized carbons (Fsp3) is 0.263. The first-order chi connectivity index (χ1) is 10.7. The molecule has 0 radical (unpaired) electrons. The summed E-state index contributed by atoms with van der Waals surface area (Å²) >= 11 is 0. The topological polar surface area (TPSA) is 44.1 Å². The van der Waals surface area contributed by atoms with E-state index in [4.69, 9.17) is 0 Å². The number of hydrogen-bond acceptors (Lipinski definition) is 2. The van der Waals surface area contributed by atoms with Crippen molar-refractivity contribution in [3.63, 3.8) is 0 Å². The average molecular weight is 290 g/mol. The van der Waals surface area contributed by atoms with Crippen LogP contribution in [0.25, 0.3) is 0 Å². The van der Waals surface area contributed by atoms with Gasteiger partial charge in [0.25, 0.3) is 5.91 Å². The fourth-order valence-corrected chi connectivity index (χ4v) is 3.08. The zero-order valence-electron chi connectivity index (χ0n) is 12.4. The van der Waals surface area contributed by atoms with Crippen LogP contribution in [0, 0.1) is 11.3 Å². The molecule has 1 amide bonds. The Labute approximate surface area is 130 Å². The van der Waals surface area contributed by atoms with Gasteiger partial charge in [-0.15, -0.1) is 0 Å². The molecule has 0 spiro atoms. The van der Waals surface area contributed by atoms with Gasteiger partial charge in [0, 0.05) is 18.7 Å². The van der Waals surface area contributed by atoms with Gasteiger partial charge in [0.1, 0.15) is 0 Å². The lowest BCUT2D eigenvalue weighted by Gasteiger charge is -2.37. The van der Waals surface area contributed by atoms with Gasteiger partial charge < -0.3 is 4.90 Å². The lowest BCUT2D eigenvalue weighted by molar-refractivity contribution is 0.0692. The molecule has 3 rings (SSSR count). The molecule has 0 bridgehead atoms. The van der Waals surface area contributed by atoms with E-state index in [1.54, 1.807) is 0 Å². The molecule has 0 saturated carbocycles. The molecular weight excluding hydrogens is 272 g/mol. The molecule has 1 fully saturated rings. The van der Waals surface area contributed by atoms with Crippen molar-refractivity contribution >= 4 is 5.91 Å². The summed E-state index contributed by atoms with van der Waals surface area (Å²) in [6.07, 6.45) is 1.37. The van der Waals surface area contributed by atoms with E-state index < -0.39 is 5.41 Å². The molecule has 0 N–H and O–H groups in total. The zero-order valence-corrected chi connectivity index (χ0v) is 12.4. The minimum Gasteiger partial charge on any atom is -0.339 e. The molecule has 1 heterocycles. The van der Waals surface area contributed by atoms with E-state index in [-0.39, 0.29) is 5.91 Å². The van der Waals surface area contributed by atoms with E-state index in [1.807, 2.05) is 65.6 Å². The second-order valence-electron chi connectivity index (χ2n) is 5.72. The summed E-state index contributed by atoms with van der Waals surface area (Å²) in [5, 5.41) is 9.68. The summed E-state index contributed by atoms with van der Waals surface area (Å²) in [6, 6.07) is 21.8. The Bertz CT molecular complexity index is 680. The number of hydrogen-bond donors (Lipinski definition) is 0. The standard InChI is InChI=1S/C19H18N2O/c20-15-19(17-9-5-2-6-10-17)11-13-21(14-12-19)18(22)16-7-3-1-4-8-16/h1-10H,11-14H2. The molecular formula is C19H18N2O. The van der Waals surface area contributed by atoms with Gasteiger partial charge in [0.15, 0.2) is 0 Å². The van der Waals surface area contributed by atoms with Crippen molar-refractivity contribution in [2.24, 2.45) is 0 Å². The van der Waals surface area contributed by atoms with E-state index in [9.17, 15) is 10.1 Å². The summed E-state index contributed by atoms with van der Waals surface area (Å²) in [4.78, 5) is 14.3. The largest absolute Gasteiger partial charge is 0.339 e.